The summed E-state index contributed by atoms with van der Waals surface area (Å²) in [4.78, 5) is 42.4. The van der Waals surface area contributed by atoms with E-state index in [4.69, 9.17) is 0 Å². The summed E-state index contributed by atoms with van der Waals surface area (Å²) in [5.41, 5.74) is 0.562. The number of rotatable bonds is 5. The number of aryl methyl sites for hydroxylation is 1. The number of likely N-dealkylation sites (tertiary alicyclic amines) is 1. The minimum absolute atomic E-state index is 0.0501. The van der Waals surface area contributed by atoms with E-state index in [1.165, 1.54) is 18.1 Å². The van der Waals surface area contributed by atoms with Crippen molar-refractivity contribution < 1.29 is 23.5 Å². The van der Waals surface area contributed by atoms with E-state index >= 15 is 0 Å². The molecule has 1 aliphatic rings. The quantitative estimate of drug-likeness (QED) is 0.791. The first-order valence-electron chi connectivity index (χ1n) is 8.26. The summed E-state index contributed by atoms with van der Waals surface area (Å²) in [5, 5.41) is 2.92. The van der Waals surface area contributed by atoms with E-state index in [1.54, 1.807) is 25.1 Å². The van der Waals surface area contributed by atoms with Crippen LogP contribution >= 0.6 is 11.3 Å². The van der Waals surface area contributed by atoms with Gasteiger partial charge in [0.05, 0.1) is 13.0 Å². The van der Waals surface area contributed by atoms with Crippen molar-refractivity contribution in [1.82, 2.24) is 9.88 Å². The van der Waals surface area contributed by atoms with Crippen LogP contribution in [0.25, 0.3) is 0 Å². The van der Waals surface area contributed by atoms with E-state index in [2.05, 4.69) is 15.0 Å². The van der Waals surface area contributed by atoms with Gasteiger partial charge in [0.25, 0.3) is 0 Å². The minimum Gasteiger partial charge on any atom is -0.464 e. The lowest BCUT2D eigenvalue weighted by atomic mass is 10.1. The molecule has 142 valence electrons. The van der Waals surface area contributed by atoms with Crippen LogP contribution in [0.2, 0.25) is 0 Å². The molecule has 1 atom stereocenters. The van der Waals surface area contributed by atoms with Gasteiger partial charge in [-0.15, -0.1) is 11.3 Å². The zero-order valence-electron chi connectivity index (χ0n) is 14.8. The number of nitrogens with zero attached hydrogens (tertiary/aromatic N) is 2. The molecule has 1 N–H and O–H groups in total. The molecule has 0 aliphatic carbocycles. The predicted octanol–water partition coefficient (Wildman–Crippen LogP) is 2.36. The SMILES string of the molecule is COC(=O)c1nc(NC(=O)[C@@H]2CC(=O)N(Cc3ccccc3F)C2)sc1C. The highest BCUT2D eigenvalue weighted by Crippen LogP contribution is 2.26. The van der Waals surface area contributed by atoms with Gasteiger partial charge in [0, 0.05) is 30.0 Å². The van der Waals surface area contributed by atoms with E-state index < -0.39 is 11.9 Å². The number of halogens is 1. The molecule has 1 aliphatic heterocycles. The van der Waals surface area contributed by atoms with E-state index in [0.717, 1.165) is 11.3 Å². The summed E-state index contributed by atoms with van der Waals surface area (Å²) in [6.07, 6.45) is 0.0501. The zero-order valence-corrected chi connectivity index (χ0v) is 15.6. The first kappa shape index (κ1) is 19.0. The van der Waals surface area contributed by atoms with Crippen molar-refractivity contribution in [2.45, 2.75) is 19.9 Å². The lowest BCUT2D eigenvalue weighted by Crippen LogP contribution is -2.28. The second kappa shape index (κ2) is 7.83. The van der Waals surface area contributed by atoms with Crippen molar-refractivity contribution in [3.05, 3.63) is 46.2 Å². The average molecular weight is 391 g/mol. The van der Waals surface area contributed by atoms with Crippen LogP contribution in [-0.4, -0.2) is 41.3 Å². The molecule has 9 heteroatoms. The molecule has 2 aromatic rings. The second-order valence-corrected chi connectivity index (χ2v) is 7.37. The third-order valence-corrected chi connectivity index (χ3v) is 5.20. The summed E-state index contributed by atoms with van der Waals surface area (Å²) >= 11 is 1.16. The van der Waals surface area contributed by atoms with Crippen LogP contribution in [0.15, 0.2) is 24.3 Å². The topological polar surface area (TPSA) is 88.6 Å². The van der Waals surface area contributed by atoms with Gasteiger partial charge in [-0.25, -0.2) is 14.2 Å². The van der Waals surface area contributed by atoms with Crippen molar-refractivity contribution in [3.8, 4) is 0 Å². The molecule has 3 rings (SSSR count). The number of carbonyl (C=O) groups excluding carboxylic acids is 3. The van der Waals surface area contributed by atoms with Gasteiger partial charge in [-0.2, -0.15) is 0 Å². The molecule has 1 aromatic carbocycles. The fraction of sp³-hybridized carbons (Fsp3) is 0.333. The van der Waals surface area contributed by atoms with E-state index in [-0.39, 0.29) is 48.0 Å². The maximum absolute atomic E-state index is 13.8. The Balaban J connectivity index is 1.64. The maximum atomic E-state index is 13.8. The van der Waals surface area contributed by atoms with Crippen molar-refractivity contribution in [2.24, 2.45) is 5.92 Å². The number of aromatic nitrogens is 1. The predicted molar refractivity (Wildman–Crippen MR) is 96.7 cm³/mol. The number of esters is 1. The van der Waals surface area contributed by atoms with Crippen LogP contribution in [0.3, 0.4) is 0 Å². The Morgan fingerprint density at radius 1 is 1.41 bits per heavy atom. The third kappa shape index (κ3) is 4.13. The molecule has 0 spiro atoms. The molecule has 2 amide bonds. The van der Waals surface area contributed by atoms with Crippen molar-refractivity contribution >= 4 is 34.3 Å². The smallest absolute Gasteiger partial charge is 0.357 e. The second-order valence-electron chi connectivity index (χ2n) is 6.17. The first-order valence-corrected chi connectivity index (χ1v) is 9.08. The monoisotopic (exact) mass is 391 g/mol. The standard InChI is InChI=1S/C18H18FN3O4S/c1-10-15(17(25)26-2)20-18(27-10)21-16(24)12-7-14(23)22(9-12)8-11-5-3-4-6-13(11)19/h3-6,12H,7-9H2,1-2H3,(H,20,21,24)/t12-/m1/s1. The highest BCUT2D eigenvalue weighted by Gasteiger charge is 2.35. The molecule has 0 radical (unpaired) electrons. The van der Waals surface area contributed by atoms with Crippen molar-refractivity contribution in [2.75, 3.05) is 19.0 Å². The Morgan fingerprint density at radius 3 is 2.85 bits per heavy atom. The van der Waals surface area contributed by atoms with E-state index in [9.17, 15) is 18.8 Å². The highest BCUT2D eigenvalue weighted by molar-refractivity contribution is 7.16. The number of methoxy groups -OCH3 is 1. The Morgan fingerprint density at radius 2 is 2.15 bits per heavy atom. The summed E-state index contributed by atoms with van der Waals surface area (Å²) < 4.78 is 18.4. The van der Waals surface area contributed by atoms with Gasteiger partial charge in [-0.3, -0.25) is 9.59 Å². The van der Waals surface area contributed by atoms with Crippen LogP contribution in [0.5, 0.6) is 0 Å². The van der Waals surface area contributed by atoms with Crippen molar-refractivity contribution in [1.29, 1.82) is 0 Å². The first-order chi connectivity index (χ1) is 12.9. The average Bonchev–Trinajstić information content (AvgIpc) is 3.19. The molecule has 0 unspecified atom stereocenters. The minimum atomic E-state index is -0.573. The van der Waals surface area contributed by atoms with Gasteiger partial charge in [0.1, 0.15) is 5.82 Å². The summed E-state index contributed by atoms with van der Waals surface area (Å²) in [6.45, 7) is 2.03. The molecule has 1 aromatic heterocycles. The molecular weight excluding hydrogens is 373 g/mol. The highest BCUT2D eigenvalue weighted by atomic mass is 32.1. The molecular formula is C18H18FN3O4S. The number of benzene rings is 1. The summed E-state index contributed by atoms with van der Waals surface area (Å²) in [7, 11) is 1.26. The van der Waals surface area contributed by atoms with Gasteiger partial charge < -0.3 is 15.0 Å². The molecule has 0 saturated carbocycles. The lowest BCUT2D eigenvalue weighted by molar-refractivity contribution is -0.128. The number of hydrogen-bond donors (Lipinski definition) is 1. The lowest BCUT2D eigenvalue weighted by Gasteiger charge is -2.16. The van der Waals surface area contributed by atoms with Crippen LogP contribution < -0.4 is 5.32 Å². The zero-order chi connectivity index (χ0) is 19.6. The van der Waals surface area contributed by atoms with Gasteiger partial charge in [0.15, 0.2) is 10.8 Å². The molecule has 27 heavy (non-hydrogen) atoms. The summed E-state index contributed by atoms with van der Waals surface area (Å²) in [6, 6.07) is 6.23. The van der Waals surface area contributed by atoms with Gasteiger partial charge in [-0.1, -0.05) is 18.2 Å². The Hall–Kier alpha value is -2.81. The van der Waals surface area contributed by atoms with E-state index in [0.29, 0.717) is 10.4 Å². The molecule has 2 heterocycles. The van der Waals surface area contributed by atoms with Gasteiger partial charge in [-0.05, 0) is 13.0 Å². The van der Waals surface area contributed by atoms with Crippen LogP contribution in [0.4, 0.5) is 9.52 Å². The fourth-order valence-corrected chi connectivity index (χ4v) is 3.68. The van der Waals surface area contributed by atoms with E-state index in [1.807, 2.05) is 0 Å². The number of carbonyl (C=O) groups is 3. The van der Waals surface area contributed by atoms with Crippen LogP contribution in [0, 0.1) is 18.7 Å². The van der Waals surface area contributed by atoms with Crippen LogP contribution in [-0.2, 0) is 20.9 Å². The number of thiazole rings is 1. The number of amides is 2. The van der Waals surface area contributed by atoms with Gasteiger partial charge in [0.2, 0.25) is 11.8 Å². The number of anilines is 1. The van der Waals surface area contributed by atoms with Gasteiger partial charge >= 0.3 is 5.97 Å². The number of nitrogens with one attached hydrogen (secondary N) is 1. The largest absolute Gasteiger partial charge is 0.464 e. The Bertz CT molecular complexity index is 898. The summed E-state index contributed by atoms with van der Waals surface area (Å²) in [5.74, 6) is -2.08. The maximum Gasteiger partial charge on any atom is 0.357 e. The van der Waals surface area contributed by atoms with Crippen molar-refractivity contribution in [3.63, 3.8) is 0 Å². The third-order valence-electron chi connectivity index (χ3n) is 4.31. The molecule has 1 saturated heterocycles. The molecule has 1 fully saturated rings. The fourth-order valence-electron chi connectivity index (χ4n) is 2.88. The molecule has 0 bridgehead atoms. The normalized spacial score (nSPS) is 16.5. The number of ether oxygens (including phenoxy) is 1. The Labute approximate surface area is 159 Å². The Kier molecular flexibility index (Phi) is 5.50. The number of hydrogen-bond acceptors (Lipinski definition) is 6. The molecule has 7 nitrogen and oxygen atoms in total. The van der Waals surface area contributed by atoms with Crippen LogP contribution in [0.1, 0.15) is 27.3 Å².